The van der Waals surface area contributed by atoms with Gasteiger partial charge >= 0.3 is 0 Å². The van der Waals surface area contributed by atoms with Gasteiger partial charge in [0.2, 0.25) is 5.88 Å². The molecule has 6 heteroatoms. The number of benzene rings is 1. The lowest BCUT2D eigenvalue weighted by Gasteiger charge is -2.05. The van der Waals surface area contributed by atoms with Crippen molar-refractivity contribution in [1.82, 2.24) is 9.97 Å². The first-order chi connectivity index (χ1) is 8.69. The van der Waals surface area contributed by atoms with Gasteiger partial charge in [-0.15, -0.1) is 0 Å². The van der Waals surface area contributed by atoms with Gasteiger partial charge in [-0.05, 0) is 24.3 Å². The zero-order valence-corrected chi connectivity index (χ0v) is 9.75. The average molecular weight is 244 g/mol. The molecule has 0 aliphatic rings. The summed E-state index contributed by atoms with van der Waals surface area (Å²) in [6.07, 6.45) is 2.81. The normalized spacial score (nSPS) is 9.83. The van der Waals surface area contributed by atoms with Gasteiger partial charge in [-0.25, -0.2) is 9.97 Å². The molecule has 0 atom stereocenters. The molecule has 1 heterocycles. The maximum absolute atomic E-state index is 7.19. The lowest BCUT2D eigenvalue weighted by molar-refractivity contribution is 0.412. The first-order valence-electron chi connectivity index (χ1n) is 5.17. The third-order valence-corrected chi connectivity index (χ3v) is 2.19. The summed E-state index contributed by atoms with van der Waals surface area (Å²) in [6.45, 7) is 0. The van der Waals surface area contributed by atoms with Gasteiger partial charge in [0, 0.05) is 0 Å². The summed E-state index contributed by atoms with van der Waals surface area (Å²) in [5.41, 5.74) is 5.59. The molecular formula is C12H12N4O2. The van der Waals surface area contributed by atoms with Crippen LogP contribution in [0, 0.1) is 5.41 Å². The van der Waals surface area contributed by atoms with E-state index in [0.29, 0.717) is 17.3 Å². The number of nitrogens with two attached hydrogens (primary N) is 1. The van der Waals surface area contributed by atoms with Crippen LogP contribution in [0.15, 0.2) is 36.7 Å². The van der Waals surface area contributed by atoms with Gasteiger partial charge in [-0.2, -0.15) is 0 Å². The Morgan fingerprint density at radius 3 is 2.28 bits per heavy atom. The SMILES string of the molecule is COc1ccc(Oc2cnc(C(=N)N)cn2)cc1. The number of nitrogens with zero attached hydrogens (tertiary/aromatic N) is 2. The highest BCUT2D eigenvalue weighted by Gasteiger charge is 2.02. The van der Waals surface area contributed by atoms with E-state index in [1.807, 2.05) is 0 Å². The van der Waals surface area contributed by atoms with Crippen molar-refractivity contribution in [1.29, 1.82) is 5.41 Å². The minimum Gasteiger partial charge on any atom is -0.497 e. The van der Waals surface area contributed by atoms with Gasteiger partial charge in [0.1, 0.15) is 23.0 Å². The van der Waals surface area contributed by atoms with Gasteiger partial charge in [-0.3, -0.25) is 5.41 Å². The molecular weight excluding hydrogens is 232 g/mol. The predicted molar refractivity (Wildman–Crippen MR) is 66.1 cm³/mol. The van der Waals surface area contributed by atoms with Crippen LogP contribution in [0.5, 0.6) is 17.4 Å². The van der Waals surface area contributed by atoms with Crippen LogP contribution in [-0.4, -0.2) is 22.9 Å². The fourth-order valence-corrected chi connectivity index (χ4v) is 1.27. The Labute approximate surface area is 104 Å². The fraction of sp³-hybridized carbons (Fsp3) is 0.0833. The monoisotopic (exact) mass is 244 g/mol. The molecule has 0 bridgehead atoms. The van der Waals surface area contributed by atoms with E-state index < -0.39 is 0 Å². The number of nitrogen functional groups attached to an aromatic ring is 1. The van der Waals surface area contributed by atoms with Crippen LogP contribution in [-0.2, 0) is 0 Å². The molecule has 2 rings (SSSR count). The van der Waals surface area contributed by atoms with E-state index in [-0.39, 0.29) is 5.84 Å². The maximum Gasteiger partial charge on any atom is 0.237 e. The van der Waals surface area contributed by atoms with E-state index >= 15 is 0 Å². The van der Waals surface area contributed by atoms with Crippen LogP contribution in [0.4, 0.5) is 0 Å². The molecule has 0 radical (unpaired) electrons. The van der Waals surface area contributed by atoms with E-state index in [1.54, 1.807) is 31.4 Å². The van der Waals surface area contributed by atoms with Gasteiger partial charge < -0.3 is 15.2 Å². The van der Waals surface area contributed by atoms with Crippen LogP contribution in [0.3, 0.4) is 0 Å². The second kappa shape index (κ2) is 5.13. The number of rotatable bonds is 4. The van der Waals surface area contributed by atoms with Crippen molar-refractivity contribution >= 4 is 5.84 Å². The Morgan fingerprint density at radius 2 is 1.78 bits per heavy atom. The first-order valence-corrected chi connectivity index (χ1v) is 5.17. The predicted octanol–water partition coefficient (Wildman–Crippen LogP) is 1.56. The van der Waals surface area contributed by atoms with E-state index in [9.17, 15) is 0 Å². The molecule has 0 saturated carbocycles. The molecule has 1 aromatic carbocycles. The number of hydrogen-bond acceptors (Lipinski definition) is 5. The Hall–Kier alpha value is -2.63. The quantitative estimate of drug-likeness (QED) is 0.628. The highest BCUT2D eigenvalue weighted by atomic mass is 16.5. The summed E-state index contributed by atoms with van der Waals surface area (Å²) in [6, 6.07) is 7.10. The van der Waals surface area contributed by atoms with Crippen LogP contribution >= 0.6 is 0 Å². The van der Waals surface area contributed by atoms with E-state index in [1.165, 1.54) is 12.4 Å². The zero-order chi connectivity index (χ0) is 13.0. The zero-order valence-electron chi connectivity index (χ0n) is 9.75. The molecule has 0 aliphatic carbocycles. The van der Waals surface area contributed by atoms with Gasteiger partial charge in [0.05, 0.1) is 19.5 Å². The van der Waals surface area contributed by atoms with E-state index in [0.717, 1.165) is 5.75 Å². The maximum atomic E-state index is 7.19. The minimum absolute atomic E-state index is 0.126. The molecule has 0 spiro atoms. The van der Waals surface area contributed by atoms with Crippen molar-refractivity contribution in [3.63, 3.8) is 0 Å². The molecule has 0 saturated heterocycles. The largest absolute Gasteiger partial charge is 0.497 e. The Bertz CT molecular complexity index is 537. The van der Waals surface area contributed by atoms with Crippen molar-refractivity contribution in [3.05, 3.63) is 42.4 Å². The Morgan fingerprint density at radius 1 is 1.11 bits per heavy atom. The van der Waals surface area contributed by atoms with Crippen molar-refractivity contribution < 1.29 is 9.47 Å². The Kier molecular flexibility index (Phi) is 3.38. The molecule has 6 nitrogen and oxygen atoms in total. The lowest BCUT2D eigenvalue weighted by Crippen LogP contribution is -2.13. The molecule has 0 fully saturated rings. The molecule has 1 aromatic heterocycles. The van der Waals surface area contributed by atoms with Crippen LogP contribution in [0.25, 0.3) is 0 Å². The summed E-state index contributed by atoms with van der Waals surface area (Å²) >= 11 is 0. The Balaban J connectivity index is 2.10. The van der Waals surface area contributed by atoms with Crippen molar-refractivity contribution in [2.75, 3.05) is 7.11 Å². The fourth-order valence-electron chi connectivity index (χ4n) is 1.27. The number of nitrogens with one attached hydrogen (secondary N) is 1. The summed E-state index contributed by atoms with van der Waals surface area (Å²) in [7, 11) is 1.60. The second-order valence-electron chi connectivity index (χ2n) is 3.43. The number of amidine groups is 1. The smallest absolute Gasteiger partial charge is 0.237 e. The number of methoxy groups -OCH3 is 1. The third kappa shape index (κ3) is 2.73. The van der Waals surface area contributed by atoms with Gasteiger partial charge in [-0.1, -0.05) is 0 Å². The highest BCUT2D eigenvalue weighted by molar-refractivity contribution is 5.92. The molecule has 0 amide bonds. The molecule has 0 aliphatic heterocycles. The highest BCUT2D eigenvalue weighted by Crippen LogP contribution is 2.21. The van der Waals surface area contributed by atoms with Crippen molar-refractivity contribution in [2.24, 2.45) is 5.73 Å². The van der Waals surface area contributed by atoms with Crippen molar-refractivity contribution in [3.8, 4) is 17.4 Å². The van der Waals surface area contributed by atoms with Gasteiger partial charge in [0.15, 0.2) is 0 Å². The third-order valence-electron chi connectivity index (χ3n) is 2.19. The average Bonchev–Trinajstić information content (AvgIpc) is 2.40. The van der Waals surface area contributed by atoms with Crippen LogP contribution < -0.4 is 15.2 Å². The lowest BCUT2D eigenvalue weighted by atomic mass is 10.3. The molecule has 0 unspecified atom stereocenters. The molecule has 18 heavy (non-hydrogen) atoms. The topological polar surface area (TPSA) is 94.1 Å². The standard InChI is InChI=1S/C12H12N4O2/c1-17-8-2-4-9(5-3-8)18-11-7-15-10(6-16-11)12(13)14/h2-7H,1H3,(H3,13,14). The molecule has 92 valence electrons. The summed E-state index contributed by atoms with van der Waals surface area (Å²) < 4.78 is 10.5. The van der Waals surface area contributed by atoms with Crippen LogP contribution in [0.1, 0.15) is 5.69 Å². The minimum atomic E-state index is -0.126. The van der Waals surface area contributed by atoms with E-state index in [2.05, 4.69) is 9.97 Å². The number of ether oxygens (including phenoxy) is 2. The second-order valence-corrected chi connectivity index (χ2v) is 3.43. The summed E-state index contributed by atoms with van der Waals surface area (Å²) in [5, 5.41) is 7.19. The van der Waals surface area contributed by atoms with Gasteiger partial charge in [0.25, 0.3) is 0 Å². The summed E-state index contributed by atoms with van der Waals surface area (Å²) in [4.78, 5) is 7.95. The summed E-state index contributed by atoms with van der Waals surface area (Å²) in [5.74, 6) is 1.59. The van der Waals surface area contributed by atoms with E-state index in [4.69, 9.17) is 20.6 Å². The molecule has 3 N–H and O–H groups in total. The molecule has 2 aromatic rings. The number of hydrogen-bond donors (Lipinski definition) is 2. The number of aromatic nitrogens is 2. The first kappa shape index (κ1) is 11.8. The van der Waals surface area contributed by atoms with Crippen molar-refractivity contribution in [2.45, 2.75) is 0 Å². The van der Waals surface area contributed by atoms with Crippen LogP contribution in [0.2, 0.25) is 0 Å².